The van der Waals surface area contributed by atoms with Crippen LogP contribution in [0.1, 0.15) is 25.0 Å². The lowest BCUT2D eigenvalue weighted by molar-refractivity contribution is -0.0292. The number of anilines is 1. The van der Waals surface area contributed by atoms with Crippen molar-refractivity contribution in [3.63, 3.8) is 0 Å². The molecule has 0 spiro atoms. The predicted molar refractivity (Wildman–Crippen MR) is 199 cm³/mol. The van der Waals surface area contributed by atoms with E-state index in [0.717, 1.165) is 51.6 Å². The van der Waals surface area contributed by atoms with Gasteiger partial charge in [-0.2, -0.15) is 5.12 Å². The van der Waals surface area contributed by atoms with Gasteiger partial charge in [0.25, 0.3) is 0 Å². The molecule has 16 nitrogen and oxygen atoms in total. The second-order valence-electron chi connectivity index (χ2n) is 11.0. The number of fused-ring (bicyclic) bond motifs is 2. The normalized spacial score (nSPS) is 18.2. The predicted octanol–water partition coefficient (Wildman–Crippen LogP) is 3.00. The van der Waals surface area contributed by atoms with Gasteiger partial charge in [-0.3, -0.25) is 4.90 Å². The van der Waals surface area contributed by atoms with Gasteiger partial charge in [-0.25, -0.2) is 5.53 Å². The number of halogens is 1. The lowest BCUT2D eigenvalue weighted by atomic mass is 10.1. The van der Waals surface area contributed by atoms with Gasteiger partial charge >= 0.3 is 0 Å². The second-order valence-corrected chi connectivity index (χ2v) is 11.0. The fraction of sp³-hybridized carbons (Fsp3) is 0.394. The van der Waals surface area contributed by atoms with Crippen LogP contribution < -0.4 is 20.7 Å². The van der Waals surface area contributed by atoms with Crippen molar-refractivity contribution in [3.05, 3.63) is 90.0 Å². The monoisotopic (exact) mass is 798 g/mol. The number of hydrazine groups is 2. The van der Waals surface area contributed by atoms with E-state index in [9.17, 15) is 0 Å². The Balaban J connectivity index is 0.000000182. The molecular weight excluding hydrogens is 755 g/mol. The van der Waals surface area contributed by atoms with E-state index in [0.29, 0.717) is 43.1 Å². The van der Waals surface area contributed by atoms with Crippen LogP contribution in [0, 0.1) is 0 Å². The number of rotatable bonds is 8. The van der Waals surface area contributed by atoms with Crippen molar-refractivity contribution in [2.45, 2.75) is 33.0 Å². The molecule has 0 saturated carbocycles. The molecule has 1 atom stereocenters. The van der Waals surface area contributed by atoms with Gasteiger partial charge in [0.15, 0.2) is 11.5 Å². The smallest absolute Gasteiger partial charge is 0.233 e. The molecule has 50 heavy (non-hydrogen) atoms. The highest BCUT2D eigenvalue weighted by Gasteiger charge is 2.25. The van der Waals surface area contributed by atoms with Gasteiger partial charge in [-0.05, 0) is 45.8 Å². The van der Waals surface area contributed by atoms with E-state index in [4.69, 9.17) is 18.9 Å². The molecule has 0 amide bonds. The van der Waals surface area contributed by atoms with Crippen LogP contribution >= 0.6 is 24.0 Å². The van der Waals surface area contributed by atoms with E-state index in [1.165, 1.54) is 21.0 Å². The summed E-state index contributed by atoms with van der Waals surface area (Å²) in [5.41, 5.74) is 9.61. The summed E-state index contributed by atoms with van der Waals surface area (Å²) in [5, 5.41) is 25.2. The third kappa shape index (κ3) is 10.1. The average Bonchev–Trinajstić information content (AvgIpc) is 3.85. The molecule has 17 heteroatoms. The molecule has 2 aromatic heterocycles. The molecule has 2 N–H and O–H groups in total. The summed E-state index contributed by atoms with van der Waals surface area (Å²) in [6.45, 7) is 11.6. The molecule has 4 aromatic rings. The first-order chi connectivity index (χ1) is 24.3. The highest BCUT2D eigenvalue weighted by molar-refractivity contribution is 14.0. The van der Waals surface area contributed by atoms with E-state index in [-0.39, 0.29) is 30.0 Å². The van der Waals surface area contributed by atoms with Gasteiger partial charge in [0, 0.05) is 44.0 Å². The lowest BCUT2D eigenvalue weighted by Crippen LogP contribution is -2.47. The Morgan fingerprint density at radius 3 is 2.56 bits per heavy atom. The summed E-state index contributed by atoms with van der Waals surface area (Å²) < 4.78 is 24.0. The van der Waals surface area contributed by atoms with Gasteiger partial charge in [0.2, 0.25) is 11.8 Å². The molecule has 0 bridgehead atoms. The summed E-state index contributed by atoms with van der Waals surface area (Å²) in [5.74, 6) is 1.74. The van der Waals surface area contributed by atoms with Crippen molar-refractivity contribution in [2.75, 3.05) is 57.6 Å². The maximum Gasteiger partial charge on any atom is 0.233 e. The van der Waals surface area contributed by atoms with E-state index < -0.39 is 0 Å². The molecule has 2 aromatic carbocycles. The first-order valence-electron chi connectivity index (χ1n) is 16.5. The number of tetrazole rings is 1. The minimum absolute atomic E-state index is 0. The maximum absolute atomic E-state index is 5.88. The fourth-order valence-corrected chi connectivity index (χ4v) is 5.36. The van der Waals surface area contributed by atoms with Crippen LogP contribution in [0.15, 0.2) is 89.1 Å². The maximum atomic E-state index is 5.88. The number of hydrazone groups is 2. The van der Waals surface area contributed by atoms with Gasteiger partial charge in [-0.1, -0.05) is 56.3 Å². The van der Waals surface area contributed by atoms with Crippen LogP contribution in [-0.2, 0) is 27.4 Å². The quantitative estimate of drug-likeness (QED) is 0.252. The number of hydrogen-bond acceptors (Lipinski definition) is 15. The molecule has 2 fully saturated rings. The largest absolute Gasteiger partial charge is 0.475 e. The number of aromatic nitrogens is 5. The standard InChI is InChI=1S/C16H20N6O2.C15H16N6O2.C2H6.HI/c1-2-4-13(5-3-1)10-21-8-9-23-11-14(21)12-24-16-7-6-15-17-19-20-22(15)18-16;1-2-12(10-13(3-1)20-6-8-22-9-7-20)11-23-15-5-4-14-16-18-19-21(14)17-15;1-2;/h1-7,14,19-20H,8-12H2;1-5,10H,6-9,11H2;1-2H3;1H. The minimum atomic E-state index is 0. The summed E-state index contributed by atoms with van der Waals surface area (Å²) in [7, 11) is 0. The summed E-state index contributed by atoms with van der Waals surface area (Å²) >= 11 is 0. The molecular formula is C33H43IN12O4. The molecule has 266 valence electrons. The Kier molecular flexibility index (Phi) is 14.1. The second kappa shape index (κ2) is 19.1. The molecule has 6 heterocycles. The van der Waals surface area contributed by atoms with E-state index in [1.54, 1.807) is 12.1 Å². The molecule has 1 unspecified atom stereocenters. The highest BCUT2D eigenvalue weighted by atomic mass is 127. The fourth-order valence-electron chi connectivity index (χ4n) is 5.36. The van der Waals surface area contributed by atoms with E-state index >= 15 is 0 Å². The summed E-state index contributed by atoms with van der Waals surface area (Å²) in [4.78, 5) is 4.72. The van der Waals surface area contributed by atoms with Crippen LogP contribution in [0.25, 0.3) is 5.65 Å². The molecule has 4 aliphatic heterocycles. The van der Waals surface area contributed by atoms with Crippen LogP contribution in [0.3, 0.4) is 0 Å². The number of ether oxygens (including phenoxy) is 4. The van der Waals surface area contributed by atoms with Crippen LogP contribution in [-0.4, -0.2) is 106 Å². The Bertz CT molecular complexity index is 1720. The van der Waals surface area contributed by atoms with E-state index in [1.807, 2.05) is 44.2 Å². The minimum Gasteiger partial charge on any atom is -0.475 e. The molecule has 2 saturated heterocycles. The first-order valence-corrected chi connectivity index (χ1v) is 16.5. The van der Waals surface area contributed by atoms with E-state index in [2.05, 4.69) is 88.1 Å². The number of nitrogens with zero attached hydrogens (tertiary/aromatic N) is 10. The van der Waals surface area contributed by atoms with Crippen LogP contribution in [0.5, 0.6) is 5.88 Å². The number of benzene rings is 2. The first kappa shape index (κ1) is 36.8. The molecule has 0 radical (unpaired) electrons. The van der Waals surface area contributed by atoms with Crippen molar-refractivity contribution >= 4 is 47.0 Å². The third-order valence-corrected chi connectivity index (χ3v) is 7.84. The Morgan fingerprint density at radius 2 is 1.70 bits per heavy atom. The number of nitrogens with one attached hydrogen (secondary N) is 2. The zero-order valence-corrected chi connectivity index (χ0v) is 30.5. The number of morpholine rings is 2. The summed E-state index contributed by atoms with van der Waals surface area (Å²) in [6.07, 6.45) is 3.66. The van der Waals surface area contributed by atoms with Crippen LogP contribution in [0.2, 0.25) is 0 Å². The van der Waals surface area contributed by atoms with Gasteiger partial charge < -0.3 is 23.8 Å². The molecule has 4 aliphatic rings. The topological polar surface area (TPSA) is 151 Å². The molecule has 0 aliphatic carbocycles. The van der Waals surface area contributed by atoms with Crippen molar-refractivity contribution in [2.24, 2.45) is 10.2 Å². The third-order valence-electron chi connectivity index (χ3n) is 7.84. The zero-order chi connectivity index (χ0) is 33.7. The molecule has 8 rings (SSSR count). The van der Waals surface area contributed by atoms with Crippen molar-refractivity contribution in [3.8, 4) is 5.88 Å². The number of amidine groups is 1. The van der Waals surface area contributed by atoms with Crippen LogP contribution in [0.4, 0.5) is 5.69 Å². The summed E-state index contributed by atoms with van der Waals surface area (Å²) in [6, 6.07) is 22.5. The SMILES string of the molecule is C1=CC2=NNNN2N=C1OCC1COCCN1Cc1ccccc1.CC.I.c1cc(COc2ccc3nnnn3n2)cc(N2CCOCC2)c1. The van der Waals surface area contributed by atoms with Gasteiger partial charge in [0.1, 0.15) is 13.2 Å². The lowest BCUT2D eigenvalue weighted by Gasteiger charge is -2.35. The average molecular weight is 799 g/mol. The Morgan fingerprint density at radius 1 is 0.880 bits per heavy atom. The Hall–Kier alpha value is -4.43. The highest BCUT2D eigenvalue weighted by Crippen LogP contribution is 2.19. The Labute approximate surface area is 308 Å². The number of hydrogen-bond donors (Lipinski definition) is 2. The van der Waals surface area contributed by atoms with Crippen molar-refractivity contribution in [1.82, 2.24) is 46.3 Å². The van der Waals surface area contributed by atoms with Crippen molar-refractivity contribution in [1.29, 1.82) is 0 Å². The van der Waals surface area contributed by atoms with Crippen molar-refractivity contribution < 1.29 is 18.9 Å². The van der Waals surface area contributed by atoms with Gasteiger partial charge in [0.05, 0.1) is 32.5 Å². The van der Waals surface area contributed by atoms with Gasteiger partial charge in [-0.15, -0.1) is 54.5 Å². The zero-order valence-electron chi connectivity index (χ0n) is 28.2.